The summed E-state index contributed by atoms with van der Waals surface area (Å²) in [5, 5.41) is 7.75. The van der Waals surface area contributed by atoms with E-state index in [9.17, 15) is 0 Å². The van der Waals surface area contributed by atoms with E-state index in [4.69, 9.17) is 23.7 Å². The predicted molar refractivity (Wildman–Crippen MR) is 156 cm³/mol. The molecule has 0 radical (unpaired) electrons. The molecular weight excluding hydrogens is 522 g/mol. The van der Waals surface area contributed by atoms with Crippen LogP contribution in [0.1, 0.15) is 36.0 Å². The Morgan fingerprint density at radius 1 is 0.951 bits per heavy atom. The zero-order valence-electron chi connectivity index (χ0n) is 24.2. The van der Waals surface area contributed by atoms with Gasteiger partial charge in [-0.15, -0.1) is 0 Å². The van der Waals surface area contributed by atoms with Gasteiger partial charge in [0, 0.05) is 32.7 Å². The van der Waals surface area contributed by atoms with Gasteiger partial charge in [-0.1, -0.05) is 37.3 Å². The van der Waals surface area contributed by atoms with Crippen LogP contribution in [0, 0.1) is 0 Å². The summed E-state index contributed by atoms with van der Waals surface area (Å²) in [7, 11) is 1.68. The topological polar surface area (TPSA) is 92.1 Å². The van der Waals surface area contributed by atoms with E-state index in [-0.39, 0.29) is 18.1 Å². The van der Waals surface area contributed by atoms with Gasteiger partial charge >= 0.3 is 0 Å². The second kappa shape index (κ2) is 15.3. The van der Waals surface area contributed by atoms with Gasteiger partial charge in [-0.25, -0.2) is 4.98 Å². The zero-order valence-corrected chi connectivity index (χ0v) is 24.2. The molecule has 0 amide bonds. The van der Waals surface area contributed by atoms with E-state index >= 15 is 0 Å². The van der Waals surface area contributed by atoms with Gasteiger partial charge in [0.05, 0.1) is 64.0 Å². The molecule has 2 aliphatic heterocycles. The summed E-state index contributed by atoms with van der Waals surface area (Å²) >= 11 is 0. The third kappa shape index (κ3) is 8.05. The molecule has 1 unspecified atom stereocenters. The van der Waals surface area contributed by atoms with Crippen LogP contribution in [0.3, 0.4) is 0 Å². The van der Waals surface area contributed by atoms with Crippen molar-refractivity contribution in [1.82, 2.24) is 20.1 Å². The number of benzene rings is 2. The molecule has 2 aromatic carbocycles. The maximum Gasteiger partial charge on any atom is 0.142 e. The fourth-order valence-electron chi connectivity index (χ4n) is 5.54. The third-order valence-electron chi connectivity index (χ3n) is 7.62. The molecule has 3 atom stereocenters. The highest BCUT2D eigenvalue weighted by Gasteiger charge is 2.36. The van der Waals surface area contributed by atoms with Crippen LogP contribution in [0.2, 0.25) is 0 Å². The van der Waals surface area contributed by atoms with Gasteiger partial charge < -0.3 is 33.9 Å². The largest absolute Gasteiger partial charge is 0.490 e. The third-order valence-corrected chi connectivity index (χ3v) is 7.62. The quantitative estimate of drug-likeness (QED) is 0.278. The molecule has 5 rings (SSSR count). The highest BCUT2D eigenvalue weighted by atomic mass is 16.5. The highest BCUT2D eigenvalue weighted by molar-refractivity contribution is 5.61. The molecule has 0 aliphatic carbocycles. The molecule has 1 fully saturated rings. The number of ether oxygens (including phenoxy) is 5. The highest BCUT2D eigenvalue weighted by Crippen LogP contribution is 2.34. The fraction of sp³-hybridized carbons (Fsp3) is 0.548. The Bertz CT molecular complexity index is 1180. The van der Waals surface area contributed by atoms with Gasteiger partial charge in [-0.3, -0.25) is 4.68 Å². The molecule has 0 spiro atoms. The zero-order chi connectivity index (χ0) is 28.3. The molecule has 10 nitrogen and oxygen atoms in total. The molecule has 3 heterocycles. The van der Waals surface area contributed by atoms with Crippen molar-refractivity contribution in [1.29, 1.82) is 0 Å². The van der Waals surface area contributed by atoms with E-state index in [1.807, 2.05) is 0 Å². The lowest BCUT2D eigenvalue weighted by molar-refractivity contribution is -0.0616. The maximum absolute atomic E-state index is 6.66. The van der Waals surface area contributed by atoms with Crippen molar-refractivity contribution in [2.45, 2.75) is 51.2 Å². The van der Waals surface area contributed by atoms with E-state index in [0.29, 0.717) is 39.6 Å². The van der Waals surface area contributed by atoms with Crippen LogP contribution in [0.5, 0.6) is 5.75 Å². The minimum atomic E-state index is -0.0528. The predicted octanol–water partition coefficient (Wildman–Crippen LogP) is 3.41. The Morgan fingerprint density at radius 3 is 2.56 bits per heavy atom. The first-order chi connectivity index (χ1) is 20.2. The summed E-state index contributed by atoms with van der Waals surface area (Å²) in [5.74, 6) is 1.03. The lowest BCUT2D eigenvalue weighted by Crippen LogP contribution is -2.50. The molecule has 3 aromatic rings. The van der Waals surface area contributed by atoms with Crippen molar-refractivity contribution >= 4 is 5.69 Å². The summed E-state index contributed by atoms with van der Waals surface area (Å²) in [4.78, 5) is 6.44. The molecule has 2 aliphatic rings. The average molecular weight is 566 g/mol. The number of methoxy groups -OCH3 is 1. The van der Waals surface area contributed by atoms with Gasteiger partial charge in [0.1, 0.15) is 25.0 Å². The normalized spacial score (nSPS) is 20.5. The number of hydrogen-bond acceptors (Lipinski definition) is 9. The molecular formula is C31H43N5O5. The van der Waals surface area contributed by atoms with Gasteiger partial charge in [0.25, 0.3) is 0 Å². The van der Waals surface area contributed by atoms with E-state index in [2.05, 4.69) is 69.7 Å². The SMILES string of the molecule is CCCN1CCOc2ccc(CO[C@H]3CNC[C@@H](OCCn4cncn4)C3c3ccc(COCCOC)cc3)cc21. The Hall–Kier alpha value is -3.02. The number of aromatic nitrogens is 3. The Balaban J connectivity index is 1.28. The minimum Gasteiger partial charge on any atom is -0.490 e. The first-order valence-electron chi connectivity index (χ1n) is 14.7. The molecule has 1 saturated heterocycles. The number of piperidine rings is 1. The van der Waals surface area contributed by atoms with Crippen molar-refractivity contribution in [2.75, 3.05) is 64.6 Å². The lowest BCUT2D eigenvalue weighted by Gasteiger charge is -2.39. The molecule has 10 heteroatoms. The van der Waals surface area contributed by atoms with E-state index in [1.54, 1.807) is 24.4 Å². The van der Waals surface area contributed by atoms with Crippen LogP contribution in [0.4, 0.5) is 5.69 Å². The smallest absolute Gasteiger partial charge is 0.142 e. The summed E-state index contributed by atoms with van der Waals surface area (Å²) < 4.78 is 31.6. The average Bonchev–Trinajstić information content (AvgIpc) is 3.53. The number of hydrogen-bond donors (Lipinski definition) is 1. The molecule has 222 valence electrons. The van der Waals surface area contributed by atoms with Crippen molar-refractivity contribution in [3.63, 3.8) is 0 Å². The number of rotatable bonds is 15. The monoisotopic (exact) mass is 565 g/mol. The summed E-state index contributed by atoms with van der Waals surface area (Å²) in [6.45, 7) is 9.84. The molecule has 41 heavy (non-hydrogen) atoms. The van der Waals surface area contributed by atoms with Crippen LogP contribution in [0.15, 0.2) is 55.1 Å². The minimum absolute atomic E-state index is 0.0435. The number of fused-ring (bicyclic) bond motifs is 1. The first kappa shape index (κ1) is 29.5. The molecule has 0 bridgehead atoms. The molecule has 1 aromatic heterocycles. The van der Waals surface area contributed by atoms with Crippen LogP contribution >= 0.6 is 0 Å². The Morgan fingerprint density at radius 2 is 1.78 bits per heavy atom. The first-order valence-corrected chi connectivity index (χ1v) is 14.7. The fourth-order valence-corrected chi connectivity index (χ4v) is 5.54. The van der Waals surface area contributed by atoms with Crippen LogP contribution in [-0.2, 0) is 38.7 Å². The maximum atomic E-state index is 6.66. The van der Waals surface area contributed by atoms with Crippen LogP contribution < -0.4 is 15.0 Å². The number of nitrogens with zero attached hydrogens (tertiary/aromatic N) is 4. The van der Waals surface area contributed by atoms with Crippen molar-refractivity contribution in [3.8, 4) is 5.75 Å². The molecule has 0 saturated carbocycles. The number of anilines is 1. The summed E-state index contributed by atoms with van der Waals surface area (Å²) in [5.41, 5.74) is 4.64. The second-order valence-corrected chi connectivity index (χ2v) is 10.5. The van der Waals surface area contributed by atoms with E-state index in [0.717, 1.165) is 61.8 Å². The van der Waals surface area contributed by atoms with Gasteiger partial charge in [0.15, 0.2) is 0 Å². The van der Waals surface area contributed by atoms with E-state index in [1.165, 1.54) is 5.56 Å². The van der Waals surface area contributed by atoms with Crippen molar-refractivity contribution in [3.05, 3.63) is 71.8 Å². The Labute approximate surface area is 242 Å². The van der Waals surface area contributed by atoms with Crippen LogP contribution in [0.25, 0.3) is 0 Å². The van der Waals surface area contributed by atoms with Crippen molar-refractivity contribution in [2.24, 2.45) is 0 Å². The van der Waals surface area contributed by atoms with Gasteiger partial charge in [-0.2, -0.15) is 5.10 Å². The summed E-state index contributed by atoms with van der Waals surface area (Å²) in [6.07, 6.45) is 4.27. The van der Waals surface area contributed by atoms with Gasteiger partial charge in [-0.05, 0) is 35.2 Å². The molecule has 1 N–H and O–H groups in total. The second-order valence-electron chi connectivity index (χ2n) is 10.5. The Kier molecular flexibility index (Phi) is 11.0. The summed E-state index contributed by atoms with van der Waals surface area (Å²) in [6, 6.07) is 15.1. The van der Waals surface area contributed by atoms with Crippen molar-refractivity contribution < 1.29 is 23.7 Å². The number of nitrogens with one attached hydrogen (secondary N) is 1. The van der Waals surface area contributed by atoms with Crippen LogP contribution in [-0.4, -0.2) is 86.7 Å². The standard InChI is InChI=1S/C31H43N5O5/c1-3-10-35-11-13-39-28-9-6-25(17-27(28)35)21-41-30-19-32-18-29(40-14-12-36-23-33-22-34-36)31(30)26-7-4-24(5-8-26)20-38-16-15-37-2/h4-9,17,22-23,29-32H,3,10-16,18-21H2,1-2H3/t29-,30+,31?/m1/s1. The van der Waals surface area contributed by atoms with Gasteiger partial charge in [0.2, 0.25) is 0 Å². The lowest BCUT2D eigenvalue weighted by atomic mass is 9.85. The van der Waals surface area contributed by atoms with E-state index < -0.39 is 0 Å².